The summed E-state index contributed by atoms with van der Waals surface area (Å²) < 4.78 is 0. The number of aliphatic carboxylic acids is 1. The van der Waals surface area contributed by atoms with Gasteiger partial charge in [0, 0.05) is 6.54 Å². The van der Waals surface area contributed by atoms with Crippen molar-refractivity contribution in [3.05, 3.63) is 0 Å². The number of hydrazine groups is 1. The average molecular weight is 303 g/mol. The summed E-state index contributed by atoms with van der Waals surface area (Å²) in [4.78, 5) is 11.0. The molecule has 0 amide bonds. The third kappa shape index (κ3) is 3.12. The van der Waals surface area contributed by atoms with E-state index < -0.39 is 12.0 Å². The number of carboxylic acids is 1. The van der Waals surface area contributed by atoms with E-state index in [2.05, 4.69) is 10.9 Å². The van der Waals surface area contributed by atoms with Crippen molar-refractivity contribution in [1.82, 2.24) is 10.9 Å². The van der Waals surface area contributed by atoms with Gasteiger partial charge >= 0.3 is 5.97 Å². The van der Waals surface area contributed by atoms with E-state index in [1.807, 2.05) is 6.92 Å². The van der Waals surface area contributed by atoms with Gasteiger partial charge in [0.1, 0.15) is 6.04 Å². The first-order chi connectivity index (χ1) is 9.17. The Morgan fingerprint density at radius 1 is 1.15 bits per heavy atom. The second-order valence-electron chi connectivity index (χ2n) is 6.92. The summed E-state index contributed by atoms with van der Waals surface area (Å²) in [6, 6.07) is -0.461. The van der Waals surface area contributed by atoms with Crippen molar-refractivity contribution in [3.8, 4) is 0 Å². The van der Waals surface area contributed by atoms with E-state index in [1.54, 1.807) is 0 Å². The minimum atomic E-state index is -0.764. The third-order valence-corrected chi connectivity index (χ3v) is 5.74. The number of hydrogen-bond donors (Lipinski definition) is 3. The molecule has 3 N–H and O–H groups in total. The number of rotatable bonds is 6. The molecule has 116 valence electrons. The molecule has 4 rings (SSSR count). The second-order valence-corrected chi connectivity index (χ2v) is 6.92. The predicted octanol–water partition coefficient (Wildman–Crippen LogP) is 2.44. The lowest BCUT2D eigenvalue weighted by molar-refractivity contribution is -0.139. The molecule has 0 saturated heterocycles. The Labute approximate surface area is 127 Å². The van der Waals surface area contributed by atoms with Crippen LogP contribution in [0.2, 0.25) is 0 Å². The van der Waals surface area contributed by atoms with Crippen LogP contribution in [0, 0.1) is 29.6 Å². The van der Waals surface area contributed by atoms with E-state index in [0.29, 0.717) is 6.42 Å². The van der Waals surface area contributed by atoms with E-state index in [4.69, 9.17) is 5.11 Å². The molecule has 1 unspecified atom stereocenters. The maximum atomic E-state index is 11.0. The summed E-state index contributed by atoms with van der Waals surface area (Å²) in [7, 11) is 0. The smallest absolute Gasteiger partial charge is 0.322 e. The topological polar surface area (TPSA) is 61.4 Å². The highest BCUT2D eigenvalue weighted by molar-refractivity contribution is 5.85. The molecule has 0 aromatic carbocycles. The molecule has 0 aliphatic heterocycles. The molecule has 0 aromatic heterocycles. The van der Waals surface area contributed by atoms with Crippen LogP contribution in [0.15, 0.2) is 0 Å². The molecule has 4 fully saturated rings. The van der Waals surface area contributed by atoms with Crippen molar-refractivity contribution in [2.24, 2.45) is 29.6 Å². The van der Waals surface area contributed by atoms with Crippen LogP contribution in [0.1, 0.15) is 45.4 Å². The Morgan fingerprint density at radius 3 is 2.15 bits per heavy atom. The van der Waals surface area contributed by atoms with Crippen LogP contribution in [0.3, 0.4) is 0 Å². The highest BCUT2D eigenvalue weighted by Gasteiger charge is 2.47. The second kappa shape index (κ2) is 6.63. The summed E-state index contributed by atoms with van der Waals surface area (Å²) in [5, 5.41) is 9.01. The molecule has 4 nitrogen and oxygen atoms in total. The highest BCUT2D eigenvalue weighted by atomic mass is 35.5. The molecular formula is C15H27ClN2O2. The lowest BCUT2D eigenvalue weighted by atomic mass is 9.52. The lowest BCUT2D eigenvalue weighted by Gasteiger charge is -2.54. The summed E-state index contributed by atoms with van der Waals surface area (Å²) in [6.07, 6.45) is 7.81. The molecule has 0 heterocycles. The molecule has 4 saturated carbocycles. The molecule has 1 atom stereocenters. The zero-order valence-electron chi connectivity index (χ0n) is 12.2. The van der Waals surface area contributed by atoms with Gasteiger partial charge in [-0.2, -0.15) is 0 Å². The highest BCUT2D eigenvalue weighted by Crippen LogP contribution is 2.56. The first-order valence-corrected chi connectivity index (χ1v) is 7.88. The van der Waals surface area contributed by atoms with E-state index in [1.165, 1.54) is 32.1 Å². The molecule has 4 aliphatic rings. The largest absolute Gasteiger partial charge is 0.480 e. The fourth-order valence-electron chi connectivity index (χ4n) is 5.01. The number of carbonyl (C=O) groups is 1. The molecule has 20 heavy (non-hydrogen) atoms. The normalized spacial score (nSPS) is 39.4. The van der Waals surface area contributed by atoms with Crippen molar-refractivity contribution >= 4 is 18.4 Å². The number of hydrogen-bond acceptors (Lipinski definition) is 3. The third-order valence-electron chi connectivity index (χ3n) is 5.74. The zero-order chi connectivity index (χ0) is 13.4. The van der Waals surface area contributed by atoms with E-state index in [0.717, 1.165) is 36.1 Å². The van der Waals surface area contributed by atoms with Crippen LogP contribution in [0.5, 0.6) is 0 Å². The summed E-state index contributed by atoms with van der Waals surface area (Å²) in [5.74, 6) is 3.82. The standard InChI is InChI=1S/C15H26N2O2.ClH/c1-2-14(15(18)19)17-16-8-13-11-4-9-3-10(6-11)7-12(13)5-9;/h9-14,16-17H,2-8H2,1H3,(H,18,19);1H. The molecule has 4 aliphatic carbocycles. The fraction of sp³-hybridized carbons (Fsp3) is 0.933. The monoisotopic (exact) mass is 302 g/mol. The molecule has 0 radical (unpaired) electrons. The number of nitrogens with one attached hydrogen (secondary N) is 2. The maximum absolute atomic E-state index is 11.0. The van der Waals surface area contributed by atoms with Crippen LogP contribution in [-0.2, 0) is 4.79 Å². The van der Waals surface area contributed by atoms with Gasteiger partial charge in [0.05, 0.1) is 0 Å². The molecule has 0 spiro atoms. The van der Waals surface area contributed by atoms with Gasteiger partial charge in [0.15, 0.2) is 0 Å². The first-order valence-electron chi connectivity index (χ1n) is 7.88. The van der Waals surface area contributed by atoms with Crippen molar-refractivity contribution < 1.29 is 9.90 Å². The van der Waals surface area contributed by atoms with E-state index in [9.17, 15) is 4.79 Å². The Hall–Kier alpha value is -0.320. The van der Waals surface area contributed by atoms with Crippen LogP contribution in [0.4, 0.5) is 0 Å². The Balaban J connectivity index is 0.00000147. The van der Waals surface area contributed by atoms with Crippen LogP contribution in [-0.4, -0.2) is 23.7 Å². The van der Waals surface area contributed by atoms with E-state index >= 15 is 0 Å². The van der Waals surface area contributed by atoms with Crippen molar-refractivity contribution in [2.75, 3.05) is 6.54 Å². The molecule has 4 bridgehead atoms. The summed E-state index contributed by atoms with van der Waals surface area (Å²) in [6.45, 7) is 2.84. The Kier molecular flexibility index (Phi) is 5.32. The fourth-order valence-corrected chi connectivity index (χ4v) is 5.01. The summed E-state index contributed by atoms with van der Waals surface area (Å²) >= 11 is 0. The van der Waals surface area contributed by atoms with Crippen molar-refractivity contribution in [1.29, 1.82) is 0 Å². The van der Waals surface area contributed by atoms with E-state index in [-0.39, 0.29) is 12.4 Å². The predicted molar refractivity (Wildman–Crippen MR) is 80.6 cm³/mol. The maximum Gasteiger partial charge on any atom is 0.322 e. The van der Waals surface area contributed by atoms with Crippen molar-refractivity contribution in [2.45, 2.75) is 51.5 Å². The van der Waals surface area contributed by atoms with Gasteiger partial charge in [-0.15, -0.1) is 12.4 Å². The van der Waals surface area contributed by atoms with Crippen LogP contribution < -0.4 is 10.9 Å². The van der Waals surface area contributed by atoms with Gasteiger partial charge in [-0.25, -0.2) is 5.43 Å². The Bertz CT molecular complexity index is 323. The quantitative estimate of drug-likeness (QED) is 0.660. The van der Waals surface area contributed by atoms with Gasteiger partial charge in [-0.1, -0.05) is 6.92 Å². The van der Waals surface area contributed by atoms with Gasteiger partial charge in [0.25, 0.3) is 0 Å². The van der Waals surface area contributed by atoms with Crippen LogP contribution >= 0.6 is 12.4 Å². The lowest BCUT2D eigenvalue weighted by Crippen LogP contribution is -2.52. The number of halogens is 1. The van der Waals surface area contributed by atoms with Gasteiger partial charge in [-0.3, -0.25) is 10.2 Å². The van der Waals surface area contributed by atoms with Gasteiger partial charge in [-0.05, 0) is 68.1 Å². The average Bonchev–Trinajstić information content (AvgIpc) is 2.36. The van der Waals surface area contributed by atoms with Gasteiger partial charge in [0.2, 0.25) is 0 Å². The molecule has 5 heteroatoms. The zero-order valence-corrected chi connectivity index (χ0v) is 13.0. The SMILES string of the molecule is CCC(NNCC1C2CC3CC(C2)CC1C3)C(=O)O.Cl. The molecular weight excluding hydrogens is 276 g/mol. The van der Waals surface area contributed by atoms with Gasteiger partial charge < -0.3 is 5.11 Å². The molecule has 0 aromatic rings. The minimum Gasteiger partial charge on any atom is -0.480 e. The van der Waals surface area contributed by atoms with Crippen molar-refractivity contribution in [3.63, 3.8) is 0 Å². The van der Waals surface area contributed by atoms with Crippen LogP contribution in [0.25, 0.3) is 0 Å². The summed E-state index contributed by atoms with van der Waals surface area (Å²) in [5.41, 5.74) is 6.19. The minimum absolute atomic E-state index is 0. The first kappa shape index (κ1) is 16.1. The number of carboxylic acid groups (broad SMARTS) is 1. The Morgan fingerprint density at radius 2 is 1.70 bits per heavy atom.